The van der Waals surface area contributed by atoms with Crippen LogP contribution in [0.4, 0.5) is 0 Å². The summed E-state index contributed by atoms with van der Waals surface area (Å²) in [5, 5.41) is 10.5. The van der Waals surface area contributed by atoms with Crippen LogP contribution in [0.5, 0.6) is 0 Å². The van der Waals surface area contributed by atoms with Gasteiger partial charge in [0.05, 0.1) is 7.11 Å². The Morgan fingerprint density at radius 1 is 1.00 bits per heavy atom. The number of benzene rings is 2. The van der Waals surface area contributed by atoms with Crippen LogP contribution in [-0.4, -0.2) is 60.0 Å². The van der Waals surface area contributed by atoms with Gasteiger partial charge in [-0.1, -0.05) is 24.3 Å². The highest BCUT2D eigenvalue weighted by Gasteiger charge is 2.29. The first kappa shape index (κ1) is 29.8. The first-order valence-corrected chi connectivity index (χ1v) is 14.0. The van der Waals surface area contributed by atoms with Gasteiger partial charge in [0.1, 0.15) is 18.1 Å². The van der Waals surface area contributed by atoms with Gasteiger partial charge >= 0.3 is 5.97 Å². The Kier molecular flexibility index (Phi) is 9.78. The van der Waals surface area contributed by atoms with E-state index in [1.807, 2.05) is 31.3 Å². The Balaban J connectivity index is 1.77. The number of fused-ring (bicyclic) bond motifs is 2. The van der Waals surface area contributed by atoms with E-state index in [4.69, 9.17) is 10.5 Å². The third kappa shape index (κ3) is 7.13. The van der Waals surface area contributed by atoms with Crippen molar-refractivity contribution in [2.75, 3.05) is 13.7 Å². The molecule has 5 N–H and O–H groups in total. The summed E-state index contributed by atoms with van der Waals surface area (Å²) in [6, 6.07) is 9.63. The minimum absolute atomic E-state index is 0.232. The maximum absolute atomic E-state index is 13.5. The first-order chi connectivity index (χ1) is 19.7. The van der Waals surface area contributed by atoms with Crippen LogP contribution in [-0.2, 0) is 43.8 Å². The molecule has 218 valence electrons. The van der Waals surface area contributed by atoms with E-state index < -0.39 is 35.9 Å². The molecule has 0 saturated carbocycles. The Bertz CT molecular complexity index is 1480. The van der Waals surface area contributed by atoms with Crippen molar-refractivity contribution in [2.24, 2.45) is 12.8 Å². The van der Waals surface area contributed by atoms with E-state index in [1.54, 1.807) is 0 Å². The maximum atomic E-state index is 13.5. The summed E-state index contributed by atoms with van der Waals surface area (Å²) >= 11 is 0. The van der Waals surface area contributed by atoms with Gasteiger partial charge in [0.2, 0.25) is 17.7 Å². The normalized spacial score (nSPS) is 20.1. The molecule has 4 rings (SSSR count). The fourth-order valence-electron chi connectivity index (χ4n) is 5.37. The molecule has 3 aromatic rings. The van der Waals surface area contributed by atoms with Crippen LogP contribution >= 0.6 is 0 Å². The molecule has 0 spiro atoms. The predicted molar refractivity (Wildman–Crippen MR) is 158 cm³/mol. The number of hydrogen-bond acceptors (Lipinski definition) is 6. The molecule has 1 aliphatic heterocycles. The van der Waals surface area contributed by atoms with E-state index in [2.05, 4.69) is 44.8 Å². The number of aromatic nitrogens is 1. The topological polar surface area (TPSA) is 145 Å². The molecule has 3 atom stereocenters. The quantitative estimate of drug-likeness (QED) is 0.206. The lowest BCUT2D eigenvalue weighted by Crippen LogP contribution is -2.56. The molecule has 0 fully saturated rings. The van der Waals surface area contributed by atoms with Gasteiger partial charge in [-0.05, 0) is 74.0 Å². The number of methoxy groups -OCH3 is 1. The molecule has 0 saturated heterocycles. The van der Waals surface area contributed by atoms with Gasteiger partial charge in [0.15, 0.2) is 0 Å². The molecule has 0 aliphatic carbocycles. The molecule has 1 aromatic heterocycles. The van der Waals surface area contributed by atoms with Gasteiger partial charge in [-0.15, -0.1) is 0 Å². The summed E-state index contributed by atoms with van der Waals surface area (Å²) in [6.07, 6.45) is 6.54. The van der Waals surface area contributed by atoms with E-state index in [0.29, 0.717) is 32.2 Å². The average Bonchev–Trinajstić information content (AvgIpc) is 3.23. The number of aryl methyl sites for hydroxylation is 1. The van der Waals surface area contributed by atoms with Gasteiger partial charge in [-0.2, -0.15) is 0 Å². The first-order valence-electron chi connectivity index (χ1n) is 14.0. The van der Waals surface area contributed by atoms with Gasteiger partial charge in [0, 0.05) is 42.2 Å². The van der Waals surface area contributed by atoms with Gasteiger partial charge in [-0.3, -0.25) is 14.4 Å². The monoisotopic (exact) mass is 561 g/mol. The highest BCUT2D eigenvalue weighted by Crippen LogP contribution is 2.30. The number of rotatable bonds is 6. The van der Waals surface area contributed by atoms with Crippen molar-refractivity contribution in [1.29, 1.82) is 0 Å². The fraction of sp³-hybridized carbons (Fsp3) is 0.419. The van der Waals surface area contributed by atoms with Crippen molar-refractivity contribution < 1.29 is 23.9 Å². The van der Waals surface area contributed by atoms with E-state index >= 15 is 0 Å². The average molecular weight is 562 g/mol. The third-order valence-corrected chi connectivity index (χ3v) is 7.54. The zero-order valence-corrected chi connectivity index (χ0v) is 23.9. The molecule has 4 bridgehead atoms. The zero-order valence-electron chi connectivity index (χ0n) is 23.9. The predicted octanol–water partition coefficient (Wildman–Crippen LogP) is 2.15. The van der Waals surface area contributed by atoms with Crippen LogP contribution in [0.3, 0.4) is 0 Å². The number of allylic oxidation sites excluding steroid dienone is 1. The second-order valence-electron chi connectivity index (χ2n) is 10.6. The van der Waals surface area contributed by atoms with Crippen molar-refractivity contribution in [1.82, 2.24) is 20.5 Å². The number of carbonyl (C=O) groups excluding carboxylic acids is 4. The summed E-state index contributed by atoms with van der Waals surface area (Å²) in [7, 11) is 3.29. The molecule has 41 heavy (non-hydrogen) atoms. The Labute approximate surface area is 239 Å². The molecule has 2 heterocycles. The molecular formula is C31H39N5O5. The lowest BCUT2D eigenvalue weighted by molar-refractivity contribution is -0.145. The van der Waals surface area contributed by atoms with Crippen LogP contribution in [0.25, 0.3) is 21.8 Å². The van der Waals surface area contributed by atoms with Crippen molar-refractivity contribution in [2.45, 2.75) is 63.6 Å². The Morgan fingerprint density at radius 2 is 1.68 bits per heavy atom. The SMILES string of the molecule is COC(=O)[C@@H]1CC=CCc2ccc3c(c2)c2cc(ccc2n3C)CC(NC(C)=O)C(=O)N[C@@H](CCCCN)C(=O)N1. The number of nitrogens with zero attached hydrogens (tertiary/aromatic N) is 1. The van der Waals surface area contributed by atoms with E-state index in [-0.39, 0.29) is 18.7 Å². The van der Waals surface area contributed by atoms with Gasteiger partial charge < -0.3 is 31.0 Å². The molecule has 1 unspecified atom stereocenters. The number of carbonyl (C=O) groups is 4. The number of nitrogens with two attached hydrogens (primary N) is 1. The number of unbranched alkanes of at least 4 members (excludes halogenated alkanes) is 1. The maximum Gasteiger partial charge on any atom is 0.328 e. The molecule has 2 aromatic carbocycles. The number of esters is 1. The highest BCUT2D eigenvalue weighted by molar-refractivity contribution is 6.08. The fourth-order valence-corrected chi connectivity index (χ4v) is 5.37. The van der Waals surface area contributed by atoms with Gasteiger partial charge in [0.25, 0.3) is 0 Å². The Morgan fingerprint density at radius 3 is 2.34 bits per heavy atom. The minimum atomic E-state index is -0.920. The second-order valence-corrected chi connectivity index (χ2v) is 10.6. The van der Waals surface area contributed by atoms with Crippen LogP contribution < -0.4 is 21.7 Å². The molecule has 1 aliphatic rings. The summed E-state index contributed by atoms with van der Waals surface area (Å²) in [6.45, 7) is 1.80. The van der Waals surface area contributed by atoms with Crippen molar-refractivity contribution >= 4 is 45.5 Å². The summed E-state index contributed by atoms with van der Waals surface area (Å²) in [5.74, 6) is -1.91. The van der Waals surface area contributed by atoms with Crippen molar-refractivity contribution in [3.63, 3.8) is 0 Å². The number of amides is 3. The molecule has 3 amide bonds. The molecule has 10 heteroatoms. The van der Waals surface area contributed by atoms with E-state index in [9.17, 15) is 19.2 Å². The summed E-state index contributed by atoms with van der Waals surface area (Å²) in [5.41, 5.74) is 9.77. The largest absolute Gasteiger partial charge is 0.467 e. The lowest BCUT2D eigenvalue weighted by atomic mass is 10.00. The van der Waals surface area contributed by atoms with Gasteiger partial charge in [-0.25, -0.2) is 4.79 Å². The standard InChI is InChI=1S/C31H39N5O5/c1-19(37)33-26-18-21-12-14-28-23(17-21)22-16-20(11-13-27(22)36(28)2)8-4-5-10-25(31(40)41-3)35-29(38)24(34-30(26)39)9-6-7-15-32/h4-5,11-14,16-17,24-26H,6-10,15,18,32H2,1-3H3,(H,33,37)(H,34,39)(H,35,38)/t24-,25-,26?/m0/s1. The second kappa shape index (κ2) is 13.5. The number of hydrogen-bond donors (Lipinski definition) is 4. The smallest absolute Gasteiger partial charge is 0.328 e. The summed E-state index contributed by atoms with van der Waals surface area (Å²) < 4.78 is 7.07. The third-order valence-electron chi connectivity index (χ3n) is 7.54. The Hall–Kier alpha value is -4.18. The lowest BCUT2D eigenvalue weighted by Gasteiger charge is -2.24. The van der Waals surface area contributed by atoms with Crippen LogP contribution in [0, 0.1) is 0 Å². The molecule has 10 nitrogen and oxygen atoms in total. The van der Waals surface area contributed by atoms with E-state index in [0.717, 1.165) is 32.9 Å². The van der Waals surface area contributed by atoms with E-state index in [1.165, 1.54) is 14.0 Å². The van der Waals surface area contributed by atoms with Crippen LogP contribution in [0.2, 0.25) is 0 Å². The highest BCUT2D eigenvalue weighted by atomic mass is 16.5. The van der Waals surface area contributed by atoms with Crippen molar-refractivity contribution in [3.05, 3.63) is 59.7 Å². The summed E-state index contributed by atoms with van der Waals surface area (Å²) in [4.78, 5) is 51.5. The molecular weight excluding hydrogens is 522 g/mol. The van der Waals surface area contributed by atoms with Crippen LogP contribution in [0.1, 0.15) is 43.7 Å². The zero-order chi connectivity index (χ0) is 29.5. The van der Waals surface area contributed by atoms with Crippen LogP contribution in [0.15, 0.2) is 48.6 Å². The molecule has 0 radical (unpaired) electrons. The van der Waals surface area contributed by atoms with Crippen molar-refractivity contribution in [3.8, 4) is 0 Å². The minimum Gasteiger partial charge on any atom is -0.467 e. The number of ether oxygens (including phenoxy) is 1. The number of nitrogens with one attached hydrogen (secondary N) is 3.